The molecule has 0 aromatic heterocycles. The van der Waals surface area contributed by atoms with Crippen LogP contribution >= 0.6 is 0 Å². The minimum atomic E-state index is 0. The summed E-state index contributed by atoms with van der Waals surface area (Å²) in [6, 6.07) is 7.60. The van der Waals surface area contributed by atoms with Crippen molar-refractivity contribution in [3.05, 3.63) is 35.4 Å². The van der Waals surface area contributed by atoms with Crippen LogP contribution in [0.25, 0.3) is 0 Å². The van der Waals surface area contributed by atoms with Crippen molar-refractivity contribution < 1.29 is 10.3 Å². The Balaban J connectivity index is 0.00000144. The second kappa shape index (κ2) is 4.62. The van der Waals surface area contributed by atoms with Crippen molar-refractivity contribution in [2.45, 2.75) is 6.92 Å². The van der Waals surface area contributed by atoms with Crippen molar-refractivity contribution in [1.82, 2.24) is 4.90 Å². The van der Waals surface area contributed by atoms with Crippen LogP contribution in [0.4, 0.5) is 0 Å². The predicted octanol–water partition coefficient (Wildman–Crippen LogP) is 0.872. The Labute approximate surface area is 78.3 Å². The van der Waals surface area contributed by atoms with E-state index in [0.717, 1.165) is 11.1 Å². The number of rotatable bonds is 1. The van der Waals surface area contributed by atoms with Gasteiger partial charge in [-0.15, -0.1) is 0 Å². The van der Waals surface area contributed by atoms with Gasteiger partial charge >= 0.3 is 0 Å². The minimum absolute atomic E-state index is 0. The highest BCUT2D eigenvalue weighted by molar-refractivity contribution is 5.95. The second-order valence-corrected chi connectivity index (χ2v) is 3.01. The molecule has 0 aliphatic heterocycles. The fraction of sp³-hybridized carbons (Fsp3) is 0.300. The zero-order chi connectivity index (χ0) is 9.14. The Hall–Kier alpha value is -1.35. The molecule has 1 aromatic carbocycles. The standard InChI is InChI=1S/C10H13NO.H2O/c1-8-6-4-5-7-9(8)10(12)11(2)3;/h4-7H,1-3H3;1H2. The summed E-state index contributed by atoms with van der Waals surface area (Å²) in [4.78, 5) is 13.1. The highest BCUT2D eigenvalue weighted by atomic mass is 16.2. The van der Waals surface area contributed by atoms with Crippen molar-refractivity contribution in [3.8, 4) is 0 Å². The molecule has 0 aliphatic rings. The molecule has 0 aliphatic carbocycles. The Morgan fingerprint density at radius 3 is 2.23 bits per heavy atom. The second-order valence-electron chi connectivity index (χ2n) is 3.01. The molecule has 0 spiro atoms. The third kappa shape index (κ3) is 2.56. The molecule has 0 saturated carbocycles. The molecule has 13 heavy (non-hydrogen) atoms. The van der Waals surface area contributed by atoms with Gasteiger partial charge in [0.2, 0.25) is 0 Å². The van der Waals surface area contributed by atoms with E-state index in [4.69, 9.17) is 0 Å². The van der Waals surface area contributed by atoms with Crippen molar-refractivity contribution in [2.75, 3.05) is 14.1 Å². The monoisotopic (exact) mass is 181 g/mol. The molecule has 1 amide bonds. The number of aryl methyl sites for hydroxylation is 1. The molecule has 2 N–H and O–H groups in total. The zero-order valence-electron chi connectivity index (χ0n) is 8.16. The maximum Gasteiger partial charge on any atom is 0.253 e. The summed E-state index contributed by atoms with van der Waals surface area (Å²) in [5.74, 6) is 0.0631. The first-order chi connectivity index (χ1) is 5.63. The fourth-order valence-electron chi connectivity index (χ4n) is 1.05. The lowest BCUT2D eigenvalue weighted by Crippen LogP contribution is -2.22. The molecule has 0 unspecified atom stereocenters. The largest absolute Gasteiger partial charge is 0.412 e. The molecule has 0 fully saturated rings. The SMILES string of the molecule is Cc1ccccc1C(=O)N(C)C.O. The quantitative estimate of drug-likeness (QED) is 0.634. The van der Waals surface area contributed by atoms with Gasteiger partial charge in [-0.3, -0.25) is 4.79 Å². The van der Waals surface area contributed by atoms with Gasteiger partial charge in [-0.2, -0.15) is 0 Å². The van der Waals surface area contributed by atoms with Gasteiger partial charge < -0.3 is 10.4 Å². The summed E-state index contributed by atoms with van der Waals surface area (Å²) >= 11 is 0. The number of hydrogen-bond acceptors (Lipinski definition) is 1. The van der Waals surface area contributed by atoms with E-state index in [1.54, 1.807) is 19.0 Å². The molecule has 3 heteroatoms. The van der Waals surface area contributed by atoms with Crippen LogP contribution in [-0.4, -0.2) is 30.4 Å². The van der Waals surface area contributed by atoms with Gasteiger partial charge in [0.25, 0.3) is 5.91 Å². The molecule has 0 radical (unpaired) electrons. The van der Waals surface area contributed by atoms with Gasteiger partial charge in [-0.25, -0.2) is 0 Å². The number of amides is 1. The van der Waals surface area contributed by atoms with Gasteiger partial charge in [0.1, 0.15) is 0 Å². The summed E-state index contributed by atoms with van der Waals surface area (Å²) in [7, 11) is 3.52. The number of benzene rings is 1. The molecule has 1 rings (SSSR count). The summed E-state index contributed by atoms with van der Waals surface area (Å²) in [5, 5.41) is 0. The molecule has 0 atom stereocenters. The number of carbonyl (C=O) groups is 1. The molecule has 0 saturated heterocycles. The third-order valence-corrected chi connectivity index (χ3v) is 1.78. The summed E-state index contributed by atoms with van der Waals surface area (Å²) < 4.78 is 0. The van der Waals surface area contributed by atoms with Gasteiger partial charge in [-0.1, -0.05) is 18.2 Å². The van der Waals surface area contributed by atoms with Gasteiger partial charge in [0.15, 0.2) is 0 Å². The van der Waals surface area contributed by atoms with E-state index < -0.39 is 0 Å². The number of carbonyl (C=O) groups excluding carboxylic acids is 1. The first kappa shape index (κ1) is 11.6. The molecular formula is C10H15NO2. The van der Waals surface area contributed by atoms with Crippen LogP contribution in [0.2, 0.25) is 0 Å². The Kier molecular flexibility index (Phi) is 4.14. The lowest BCUT2D eigenvalue weighted by atomic mass is 10.1. The Morgan fingerprint density at radius 1 is 1.23 bits per heavy atom. The van der Waals surface area contributed by atoms with Crippen LogP contribution in [0, 0.1) is 6.92 Å². The maximum atomic E-state index is 11.5. The molecule has 0 heterocycles. The van der Waals surface area contributed by atoms with Gasteiger partial charge in [0.05, 0.1) is 0 Å². The van der Waals surface area contributed by atoms with Crippen molar-refractivity contribution in [3.63, 3.8) is 0 Å². The van der Waals surface area contributed by atoms with Crippen LogP contribution in [0.3, 0.4) is 0 Å². The molecule has 3 nitrogen and oxygen atoms in total. The van der Waals surface area contributed by atoms with Crippen LogP contribution in [0.15, 0.2) is 24.3 Å². The van der Waals surface area contributed by atoms with E-state index in [1.807, 2.05) is 31.2 Å². The lowest BCUT2D eigenvalue weighted by molar-refractivity contribution is 0.0827. The molecule has 0 bridgehead atoms. The van der Waals surface area contributed by atoms with Crippen LogP contribution in [0.1, 0.15) is 15.9 Å². The van der Waals surface area contributed by atoms with E-state index in [0.29, 0.717) is 0 Å². The van der Waals surface area contributed by atoms with Crippen LogP contribution in [-0.2, 0) is 0 Å². The summed E-state index contributed by atoms with van der Waals surface area (Å²) in [5.41, 5.74) is 1.80. The topological polar surface area (TPSA) is 51.8 Å². The van der Waals surface area contributed by atoms with Crippen molar-refractivity contribution in [2.24, 2.45) is 0 Å². The Bertz CT molecular complexity index is 295. The highest BCUT2D eigenvalue weighted by Crippen LogP contribution is 2.08. The highest BCUT2D eigenvalue weighted by Gasteiger charge is 2.08. The number of nitrogens with zero attached hydrogens (tertiary/aromatic N) is 1. The van der Waals surface area contributed by atoms with Gasteiger partial charge in [-0.05, 0) is 18.6 Å². The Morgan fingerprint density at radius 2 is 1.77 bits per heavy atom. The normalized spacial score (nSPS) is 8.85. The zero-order valence-corrected chi connectivity index (χ0v) is 8.16. The molecule has 72 valence electrons. The van der Waals surface area contributed by atoms with Gasteiger partial charge in [0, 0.05) is 19.7 Å². The van der Waals surface area contributed by atoms with E-state index in [9.17, 15) is 4.79 Å². The molecular weight excluding hydrogens is 166 g/mol. The summed E-state index contributed by atoms with van der Waals surface area (Å²) in [6.45, 7) is 1.94. The van der Waals surface area contributed by atoms with Crippen LogP contribution < -0.4 is 0 Å². The van der Waals surface area contributed by atoms with Crippen molar-refractivity contribution >= 4 is 5.91 Å². The van der Waals surface area contributed by atoms with E-state index in [1.165, 1.54) is 0 Å². The van der Waals surface area contributed by atoms with Crippen molar-refractivity contribution in [1.29, 1.82) is 0 Å². The predicted molar refractivity (Wildman–Crippen MR) is 52.8 cm³/mol. The number of hydrogen-bond donors (Lipinski definition) is 0. The van der Waals surface area contributed by atoms with E-state index in [-0.39, 0.29) is 11.4 Å². The average Bonchev–Trinajstić information content (AvgIpc) is 2.04. The maximum absolute atomic E-state index is 11.5. The average molecular weight is 181 g/mol. The van der Waals surface area contributed by atoms with E-state index in [2.05, 4.69) is 0 Å². The van der Waals surface area contributed by atoms with E-state index >= 15 is 0 Å². The smallest absolute Gasteiger partial charge is 0.253 e. The first-order valence-electron chi connectivity index (χ1n) is 3.90. The molecule has 1 aromatic rings. The third-order valence-electron chi connectivity index (χ3n) is 1.78. The summed E-state index contributed by atoms with van der Waals surface area (Å²) in [6.07, 6.45) is 0. The minimum Gasteiger partial charge on any atom is -0.412 e. The van der Waals surface area contributed by atoms with Crippen LogP contribution in [0.5, 0.6) is 0 Å². The lowest BCUT2D eigenvalue weighted by Gasteiger charge is -2.11. The fourth-order valence-corrected chi connectivity index (χ4v) is 1.05. The first-order valence-corrected chi connectivity index (χ1v) is 3.90.